The number of pyridine rings is 2. The molecule has 0 atom stereocenters. The third-order valence-electron chi connectivity index (χ3n) is 3.21. The highest BCUT2D eigenvalue weighted by Gasteiger charge is 2.18. The minimum Gasteiger partial charge on any atom is -0.478 e. The van der Waals surface area contributed by atoms with Crippen molar-refractivity contribution in [2.24, 2.45) is 0 Å². The molecule has 2 aromatic heterocycles. The predicted molar refractivity (Wildman–Crippen MR) is 85.9 cm³/mol. The van der Waals surface area contributed by atoms with E-state index in [1.54, 1.807) is 12.3 Å². The second-order valence-corrected chi connectivity index (χ2v) is 4.65. The van der Waals surface area contributed by atoms with Crippen LogP contribution in [-0.4, -0.2) is 21.0 Å². The molecule has 5 heteroatoms. The lowest BCUT2D eigenvalue weighted by Gasteiger charge is -2.00. The van der Waals surface area contributed by atoms with Crippen LogP contribution < -0.4 is 5.32 Å². The van der Waals surface area contributed by atoms with Gasteiger partial charge in [-0.1, -0.05) is 19.9 Å². The Kier molecular flexibility index (Phi) is 5.25. The van der Waals surface area contributed by atoms with Crippen LogP contribution in [-0.2, 0) is 12.8 Å². The predicted octanol–water partition coefficient (Wildman–Crippen LogP) is 3.30. The molecule has 0 fully saturated rings. The van der Waals surface area contributed by atoms with Crippen molar-refractivity contribution in [1.29, 1.82) is 0 Å². The van der Waals surface area contributed by atoms with Gasteiger partial charge in [-0.05, 0) is 35.8 Å². The molecular weight excluding hydrogens is 278 g/mol. The molecule has 5 nitrogen and oxygen atoms in total. The molecule has 0 spiro atoms. The number of carbonyl (C=O) groups is 1. The van der Waals surface area contributed by atoms with Crippen LogP contribution in [0.25, 0.3) is 0 Å². The number of aromatic nitrogens is 2. The van der Waals surface area contributed by atoms with Crippen LogP contribution in [0.3, 0.4) is 0 Å². The fraction of sp³-hybridized carbons (Fsp3) is 0.235. The average molecular weight is 297 g/mol. The number of hydrogen-bond donors (Lipinski definition) is 2. The Labute approximate surface area is 129 Å². The van der Waals surface area contributed by atoms with Crippen molar-refractivity contribution >= 4 is 11.8 Å². The Bertz CT molecular complexity index is 682. The lowest BCUT2D eigenvalue weighted by atomic mass is 10.1. The Hall–Kier alpha value is -2.69. The maximum absolute atomic E-state index is 10.9. The van der Waals surface area contributed by atoms with Crippen molar-refractivity contribution in [1.82, 2.24) is 9.97 Å². The first-order valence-electron chi connectivity index (χ1n) is 7.29. The number of anilines is 1. The van der Waals surface area contributed by atoms with Gasteiger partial charge in [0.15, 0.2) is 0 Å². The molecule has 3 rings (SSSR count). The van der Waals surface area contributed by atoms with Gasteiger partial charge in [0, 0.05) is 30.7 Å². The summed E-state index contributed by atoms with van der Waals surface area (Å²) in [5.41, 5.74) is 3.34. The van der Waals surface area contributed by atoms with Gasteiger partial charge in [0.1, 0.15) is 5.82 Å². The summed E-state index contributed by atoms with van der Waals surface area (Å²) in [6.07, 6.45) is 6.53. The number of fused-ring (bicyclic) bond motifs is 1. The summed E-state index contributed by atoms with van der Waals surface area (Å²) in [4.78, 5) is 19.3. The van der Waals surface area contributed by atoms with Gasteiger partial charge in [-0.15, -0.1) is 0 Å². The van der Waals surface area contributed by atoms with E-state index >= 15 is 0 Å². The van der Waals surface area contributed by atoms with E-state index in [1.807, 2.05) is 38.2 Å². The van der Waals surface area contributed by atoms with Gasteiger partial charge in [-0.2, -0.15) is 0 Å². The summed E-state index contributed by atoms with van der Waals surface area (Å²) >= 11 is 0. The van der Waals surface area contributed by atoms with E-state index in [0.717, 1.165) is 29.9 Å². The largest absolute Gasteiger partial charge is 0.478 e. The van der Waals surface area contributed by atoms with E-state index in [4.69, 9.17) is 5.11 Å². The molecule has 0 bridgehead atoms. The fourth-order valence-electron chi connectivity index (χ4n) is 2.22. The van der Waals surface area contributed by atoms with Crippen LogP contribution in [0.4, 0.5) is 5.82 Å². The van der Waals surface area contributed by atoms with Gasteiger partial charge in [0.2, 0.25) is 0 Å². The van der Waals surface area contributed by atoms with Crippen molar-refractivity contribution in [3.8, 4) is 0 Å². The fourth-order valence-corrected chi connectivity index (χ4v) is 2.22. The summed E-state index contributed by atoms with van der Waals surface area (Å²) in [6, 6.07) is 7.37. The lowest BCUT2D eigenvalue weighted by molar-refractivity contribution is 0.0696. The molecule has 0 aliphatic heterocycles. The van der Waals surface area contributed by atoms with Crippen molar-refractivity contribution in [2.75, 3.05) is 5.32 Å². The number of allylic oxidation sites excluding steroid dienone is 1. The normalized spacial score (nSPS) is 14.0. The smallest absolute Gasteiger partial charge is 0.337 e. The third kappa shape index (κ3) is 3.69. The maximum Gasteiger partial charge on any atom is 0.337 e. The molecule has 114 valence electrons. The Morgan fingerprint density at radius 2 is 2.09 bits per heavy atom. The van der Waals surface area contributed by atoms with Gasteiger partial charge in [-0.25, -0.2) is 9.78 Å². The minimum atomic E-state index is -0.940. The number of aromatic carboxylic acids is 1. The molecule has 1 aliphatic rings. The van der Waals surface area contributed by atoms with Gasteiger partial charge in [0.05, 0.1) is 5.56 Å². The molecule has 2 N–H and O–H groups in total. The molecule has 1 aliphatic carbocycles. The number of carboxylic acid groups (broad SMARTS) is 1. The quantitative estimate of drug-likeness (QED) is 0.909. The van der Waals surface area contributed by atoms with Crippen molar-refractivity contribution in [2.45, 2.75) is 26.7 Å². The highest BCUT2D eigenvalue weighted by atomic mass is 16.4. The summed E-state index contributed by atoms with van der Waals surface area (Å²) < 4.78 is 0. The Balaban J connectivity index is 0.000000847. The van der Waals surface area contributed by atoms with Crippen LogP contribution in [0.5, 0.6) is 0 Å². The molecule has 0 saturated heterocycles. The second-order valence-electron chi connectivity index (χ2n) is 4.65. The van der Waals surface area contributed by atoms with E-state index in [2.05, 4.69) is 15.3 Å². The number of carboxylic acids is 1. The molecule has 2 heterocycles. The molecule has 0 amide bonds. The minimum absolute atomic E-state index is 0.239. The number of rotatable bonds is 3. The topological polar surface area (TPSA) is 75.1 Å². The molecule has 0 radical (unpaired) electrons. The van der Waals surface area contributed by atoms with Crippen LogP contribution in [0.2, 0.25) is 0 Å². The number of hydrogen-bond acceptors (Lipinski definition) is 4. The first-order valence-corrected chi connectivity index (χ1v) is 7.29. The molecular formula is C17H19N3O2. The molecule has 0 aromatic carbocycles. The van der Waals surface area contributed by atoms with E-state index in [0.29, 0.717) is 0 Å². The standard InChI is InChI=1S/C15H13N3O2.C2H6/c19-15(20)12-7-11-5-10(6-13(11)17-9-12)8-18-14-3-1-2-4-16-14;1-2/h1-4,7-9H,5-6H2,(H,16,18)(H,19,20);1-2H3. The Morgan fingerprint density at radius 3 is 2.77 bits per heavy atom. The zero-order chi connectivity index (χ0) is 15.9. The number of nitrogens with one attached hydrogen (secondary N) is 1. The maximum atomic E-state index is 10.9. The zero-order valence-electron chi connectivity index (χ0n) is 12.7. The zero-order valence-corrected chi connectivity index (χ0v) is 12.7. The third-order valence-corrected chi connectivity index (χ3v) is 3.21. The number of nitrogens with zero attached hydrogens (tertiary/aromatic N) is 2. The SMILES string of the molecule is CC.O=C(O)c1cnc2c(c1)CC(=CNc1ccccn1)C2. The summed E-state index contributed by atoms with van der Waals surface area (Å²) in [6.45, 7) is 4.00. The van der Waals surface area contributed by atoms with Crippen molar-refractivity contribution < 1.29 is 9.90 Å². The first kappa shape index (κ1) is 15.7. The van der Waals surface area contributed by atoms with Gasteiger partial charge < -0.3 is 10.4 Å². The van der Waals surface area contributed by atoms with Crippen LogP contribution in [0, 0.1) is 0 Å². The van der Waals surface area contributed by atoms with E-state index < -0.39 is 5.97 Å². The highest BCUT2D eigenvalue weighted by molar-refractivity contribution is 5.87. The van der Waals surface area contributed by atoms with Crippen molar-refractivity contribution in [3.63, 3.8) is 0 Å². The monoisotopic (exact) mass is 297 g/mol. The lowest BCUT2D eigenvalue weighted by Crippen LogP contribution is -1.99. The summed E-state index contributed by atoms with van der Waals surface area (Å²) in [7, 11) is 0. The van der Waals surface area contributed by atoms with Crippen LogP contribution in [0.15, 0.2) is 48.4 Å². The van der Waals surface area contributed by atoms with Gasteiger partial charge >= 0.3 is 5.97 Å². The summed E-state index contributed by atoms with van der Waals surface area (Å²) in [5, 5.41) is 12.1. The van der Waals surface area contributed by atoms with E-state index in [-0.39, 0.29) is 5.56 Å². The van der Waals surface area contributed by atoms with Crippen LogP contribution in [0.1, 0.15) is 35.5 Å². The molecule has 0 unspecified atom stereocenters. The molecule has 0 saturated carbocycles. The van der Waals surface area contributed by atoms with Gasteiger partial charge in [0.25, 0.3) is 0 Å². The second kappa shape index (κ2) is 7.36. The Morgan fingerprint density at radius 1 is 1.27 bits per heavy atom. The highest BCUT2D eigenvalue weighted by Crippen LogP contribution is 2.25. The van der Waals surface area contributed by atoms with E-state index in [9.17, 15) is 4.79 Å². The van der Waals surface area contributed by atoms with Crippen molar-refractivity contribution in [3.05, 3.63) is 65.3 Å². The van der Waals surface area contributed by atoms with Gasteiger partial charge in [-0.3, -0.25) is 4.98 Å². The van der Waals surface area contributed by atoms with Crippen LogP contribution >= 0.6 is 0 Å². The summed E-state index contributed by atoms with van der Waals surface area (Å²) in [5.74, 6) is -0.153. The average Bonchev–Trinajstić information content (AvgIpc) is 2.97. The van der Waals surface area contributed by atoms with E-state index in [1.165, 1.54) is 11.8 Å². The molecule has 2 aromatic rings. The molecule has 22 heavy (non-hydrogen) atoms. The first-order chi connectivity index (χ1) is 10.7.